The van der Waals surface area contributed by atoms with E-state index in [1.165, 1.54) is 0 Å². The Hall–Kier alpha value is -2.67. The molecule has 3 heterocycles. The van der Waals surface area contributed by atoms with E-state index in [0.29, 0.717) is 43.9 Å². The molecule has 1 atom stereocenters. The van der Waals surface area contributed by atoms with Gasteiger partial charge < -0.3 is 14.4 Å². The number of benzene rings is 2. The zero-order valence-corrected chi connectivity index (χ0v) is 17.2. The molecule has 6 nitrogen and oxygen atoms in total. The number of aliphatic imine (C=N–C) groups is 1. The molecular weight excluding hydrogens is 436 g/mol. The number of rotatable bonds is 2. The minimum atomic E-state index is -0.601. The van der Waals surface area contributed by atoms with E-state index in [0.717, 1.165) is 15.6 Å². The number of esters is 1. The van der Waals surface area contributed by atoms with Crippen LogP contribution < -0.4 is 0 Å². The Morgan fingerprint density at radius 1 is 1.10 bits per heavy atom. The van der Waals surface area contributed by atoms with Gasteiger partial charge in [-0.25, -0.2) is 4.79 Å². The second-order valence-corrected chi connectivity index (χ2v) is 8.51. The molecule has 1 spiro atoms. The molecular formula is C22H19BrN2O4. The Labute approximate surface area is 176 Å². The molecule has 1 saturated heterocycles. The van der Waals surface area contributed by atoms with E-state index >= 15 is 0 Å². The molecule has 0 aromatic heterocycles. The number of hydrogen-bond acceptors (Lipinski definition) is 5. The number of ether oxygens (including phenoxy) is 2. The molecule has 3 aliphatic heterocycles. The van der Waals surface area contributed by atoms with Crippen LogP contribution in [0.15, 0.2) is 58.0 Å². The number of carbonyl (C=O) groups excluding carboxylic acids is 2. The Morgan fingerprint density at radius 3 is 2.62 bits per heavy atom. The highest BCUT2D eigenvalue weighted by atomic mass is 79.9. The first-order chi connectivity index (χ1) is 14.0. The summed E-state index contributed by atoms with van der Waals surface area (Å²) in [6.07, 6.45) is 1.19. The van der Waals surface area contributed by atoms with Crippen molar-refractivity contribution >= 4 is 33.8 Å². The second-order valence-electron chi connectivity index (χ2n) is 7.59. The summed E-state index contributed by atoms with van der Waals surface area (Å²) in [5.74, 6) is -0.520. The fraction of sp³-hybridized carbons (Fsp3) is 0.318. The summed E-state index contributed by atoms with van der Waals surface area (Å²) in [6.45, 7) is 1.21. The van der Waals surface area contributed by atoms with Crippen LogP contribution in [-0.4, -0.2) is 42.0 Å². The summed E-state index contributed by atoms with van der Waals surface area (Å²) in [7, 11) is 0. The first kappa shape index (κ1) is 18.4. The minimum Gasteiger partial charge on any atom is -0.451 e. The summed E-state index contributed by atoms with van der Waals surface area (Å²) in [5.41, 5.74) is 2.01. The van der Waals surface area contributed by atoms with E-state index in [1.807, 2.05) is 53.4 Å². The third kappa shape index (κ3) is 3.23. The number of hydrogen-bond donors (Lipinski definition) is 0. The standard InChI is InChI=1S/C22H19BrN2O4/c23-15-6-7-17-16(13-15)20(27)29-22(17)8-10-25(11-9-22)21-24-19(26)18(28-21)12-14-4-2-1-3-5-14/h1-7,13,18H,8-12H2. The highest BCUT2D eigenvalue weighted by molar-refractivity contribution is 9.10. The van der Waals surface area contributed by atoms with E-state index in [1.54, 1.807) is 0 Å². The molecule has 5 rings (SSSR count). The number of halogens is 1. The SMILES string of the molecule is O=C1OC2(CCN(C3=NC(=O)C(Cc4ccccc4)O3)CC2)c2ccc(Br)cc21. The van der Waals surface area contributed by atoms with Gasteiger partial charge in [-0.15, -0.1) is 0 Å². The summed E-state index contributed by atoms with van der Waals surface area (Å²) in [4.78, 5) is 30.8. The summed E-state index contributed by atoms with van der Waals surface area (Å²) >= 11 is 3.41. The van der Waals surface area contributed by atoms with Crippen molar-refractivity contribution in [1.29, 1.82) is 0 Å². The molecule has 0 aliphatic carbocycles. The van der Waals surface area contributed by atoms with Crippen LogP contribution in [0.25, 0.3) is 0 Å². The fourth-order valence-corrected chi connectivity index (χ4v) is 4.63. The first-order valence-corrected chi connectivity index (χ1v) is 10.4. The van der Waals surface area contributed by atoms with Crippen LogP contribution in [-0.2, 0) is 26.3 Å². The molecule has 1 fully saturated rings. The lowest BCUT2D eigenvalue weighted by Gasteiger charge is -2.38. The largest absolute Gasteiger partial charge is 0.451 e. The van der Waals surface area contributed by atoms with Crippen molar-refractivity contribution in [2.45, 2.75) is 31.0 Å². The molecule has 1 amide bonds. The monoisotopic (exact) mass is 454 g/mol. The van der Waals surface area contributed by atoms with Crippen molar-refractivity contribution < 1.29 is 19.1 Å². The number of carbonyl (C=O) groups is 2. The van der Waals surface area contributed by atoms with Gasteiger partial charge in [0, 0.05) is 42.4 Å². The number of amides is 1. The van der Waals surface area contributed by atoms with Crippen molar-refractivity contribution in [3.8, 4) is 0 Å². The topological polar surface area (TPSA) is 68.2 Å². The molecule has 0 saturated carbocycles. The average molecular weight is 455 g/mol. The highest BCUT2D eigenvalue weighted by Gasteiger charge is 2.48. The first-order valence-electron chi connectivity index (χ1n) is 9.65. The van der Waals surface area contributed by atoms with Crippen molar-refractivity contribution in [3.05, 3.63) is 69.7 Å². The van der Waals surface area contributed by atoms with Gasteiger partial charge in [-0.05, 0) is 17.7 Å². The smallest absolute Gasteiger partial charge is 0.339 e. The van der Waals surface area contributed by atoms with Crippen LogP contribution in [0.5, 0.6) is 0 Å². The van der Waals surface area contributed by atoms with Crippen LogP contribution in [0.4, 0.5) is 0 Å². The summed E-state index contributed by atoms with van der Waals surface area (Å²) in [6, 6.07) is 15.9. The maximum atomic E-state index is 12.3. The zero-order valence-electron chi connectivity index (χ0n) is 15.6. The predicted molar refractivity (Wildman–Crippen MR) is 110 cm³/mol. The molecule has 1 unspecified atom stereocenters. The zero-order chi connectivity index (χ0) is 20.0. The Morgan fingerprint density at radius 2 is 1.86 bits per heavy atom. The van der Waals surface area contributed by atoms with Gasteiger partial charge in [0.1, 0.15) is 5.60 Å². The Kier molecular flexibility index (Phi) is 4.42. The van der Waals surface area contributed by atoms with Crippen molar-refractivity contribution in [3.63, 3.8) is 0 Å². The minimum absolute atomic E-state index is 0.244. The summed E-state index contributed by atoms with van der Waals surface area (Å²) < 4.78 is 12.6. The van der Waals surface area contributed by atoms with E-state index in [-0.39, 0.29) is 11.9 Å². The number of fused-ring (bicyclic) bond motifs is 2. The second kappa shape index (κ2) is 6.99. The lowest BCUT2D eigenvalue weighted by molar-refractivity contribution is -0.122. The van der Waals surface area contributed by atoms with Crippen LogP contribution >= 0.6 is 15.9 Å². The van der Waals surface area contributed by atoms with E-state index in [2.05, 4.69) is 20.9 Å². The van der Waals surface area contributed by atoms with E-state index in [4.69, 9.17) is 9.47 Å². The van der Waals surface area contributed by atoms with Crippen molar-refractivity contribution in [2.24, 2.45) is 4.99 Å². The Bertz CT molecular complexity index is 1010. The van der Waals surface area contributed by atoms with Crippen molar-refractivity contribution in [2.75, 3.05) is 13.1 Å². The normalized spacial score (nSPS) is 22.3. The Balaban J connectivity index is 1.27. The molecule has 2 aromatic carbocycles. The fourth-order valence-electron chi connectivity index (χ4n) is 4.27. The van der Waals surface area contributed by atoms with Crippen LogP contribution in [0.3, 0.4) is 0 Å². The molecule has 29 heavy (non-hydrogen) atoms. The predicted octanol–water partition coefficient (Wildman–Crippen LogP) is 3.43. The average Bonchev–Trinajstić information content (AvgIpc) is 3.21. The van der Waals surface area contributed by atoms with Crippen LogP contribution in [0.1, 0.15) is 34.3 Å². The van der Waals surface area contributed by atoms with Gasteiger partial charge in [-0.1, -0.05) is 52.3 Å². The number of nitrogens with zero attached hydrogens (tertiary/aromatic N) is 2. The van der Waals surface area contributed by atoms with Gasteiger partial charge in [0.15, 0.2) is 6.10 Å². The highest BCUT2D eigenvalue weighted by Crippen LogP contribution is 2.45. The quantitative estimate of drug-likeness (QED) is 0.650. The number of likely N-dealkylation sites (tertiary alicyclic amines) is 1. The molecule has 2 aromatic rings. The third-order valence-electron chi connectivity index (χ3n) is 5.81. The van der Waals surface area contributed by atoms with Crippen LogP contribution in [0, 0.1) is 0 Å². The van der Waals surface area contributed by atoms with Gasteiger partial charge in [0.05, 0.1) is 5.56 Å². The third-order valence-corrected chi connectivity index (χ3v) is 6.31. The lowest BCUT2D eigenvalue weighted by atomic mass is 9.84. The molecule has 3 aliphatic rings. The van der Waals surface area contributed by atoms with Gasteiger partial charge in [0.25, 0.3) is 11.9 Å². The number of piperidine rings is 1. The van der Waals surface area contributed by atoms with E-state index in [9.17, 15) is 9.59 Å². The van der Waals surface area contributed by atoms with Crippen LogP contribution in [0.2, 0.25) is 0 Å². The van der Waals surface area contributed by atoms with E-state index < -0.39 is 11.7 Å². The maximum Gasteiger partial charge on any atom is 0.339 e. The molecule has 0 radical (unpaired) electrons. The molecule has 148 valence electrons. The molecule has 7 heteroatoms. The van der Waals surface area contributed by atoms with Gasteiger partial charge in [0.2, 0.25) is 0 Å². The summed E-state index contributed by atoms with van der Waals surface area (Å²) in [5, 5.41) is 0. The number of amidine groups is 1. The van der Waals surface area contributed by atoms with Gasteiger partial charge >= 0.3 is 5.97 Å². The van der Waals surface area contributed by atoms with Gasteiger partial charge in [-0.3, -0.25) is 4.79 Å². The van der Waals surface area contributed by atoms with Crippen molar-refractivity contribution in [1.82, 2.24) is 4.90 Å². The van der Waals surface area contributed by atoms with Gasteiger partial charge in [-0.2, -0.15) is 4.99 Å². The lowest BCUT2D eigenvalue weighted by Crippen LogP contribution is -2.45. The molecule has 0 bridgehead atoms. The maximum absolute atomic E-state index is 12.3. The molecule has 0 N–H and O–H groups in total.